The minimum atomic E-state index is -1.26. The molecule has 0 aromatic heterocycles. The molecule has 0 aliphatic rings. The van der Waals surface area contributed by atoms with Crippen LogP contribution in [0.1, 0.15) is 12.5 Å². The summed E-state index contributed by atoms with van der Waals surface area (Å²) in [7, 11) is 1.47. The lowest BCUT2D eigenvalue weighted by molar-refractivity contribution is -0.148. The lowest BCUT2D eigenvalue weighted by Gasteiger charge is -2.19. The standard InChI is InChI=1S/C17H24N2O7/c1-12(16(22)25-9-8-24-2)18-15(21)14(10-20)19-17(23)26-11-13-6-4-3-5-7-13/h3-7,12,14,20H,8-11H2,1-2H3,(H,18,21)(H,19,23)/t12-,14-/m0/s1. The van der Waals surface area contributed by atoms with Crippen LogP contribution in [0.4, 0.5) is 4.79 Å². The highest BCUT2D eigenvalue weighted by atomic mass is 16.6. The summed E-state index contributed by atoms with van der Waals surface area (Å²) in [6, 6.07) is 6.78. The van der Waals surface area contributed by atoms with Gasteiger partial charge in [-0.15, -0.1) is 0 Å². The summed E-state index contributed by atoms with van der Waals surface area (Å²) in [4.78, 5) is 35.5. The smallest absolute Gasteiger partial charge is 0.408 e. The lowest BCUT2D eigenvalue weighted by Crippen LogP contribution is -2.52. The van der Waals surface area contributed by atoms with Crippen molar-refractivity contribution in [2.24, 2.45) is 0 Å². The SMILES string of the molecule is COCCOC(=O)[C@H](C)NC(=O)[C@H](CO)NC(=O)OCc1ccccc1. The Morgan fingerprint density at radius 3 is 2.38 bits per heavy atom. The number of hydrogen-bond donors (Lipinski definition) is 3. The molecular formula is C17H24N2O7. The highest BCUT2D eigenvalue weighted by molar-refractivity contribution is 5.89. The Labute approximate surface area is 151 Å². The average molecular weight is 368 g/mol. The van der Waals surface area contributed by atoms with Crippen LogP contribution in [0, 0.1) is 0 Å². The second-order valence-corrected chi connectivity index (χ2v) is 5.33. The summed E-state index contributed by atoms with van der Waals surface area (Å²) in [5, 5.41) is 13.9. The molecular weight excluding hydrogens is 344 g/mol. The van der Waals surface area contributed by atoms with Gasteiger partial charge in [0.05, 0.1) is 13.2 Å². The Morgan fingerprint density at radius 2 is 1.77 bits per heavy atom. The number of benzene rings is 1. The van der Waals surface area contributed by atoms with Crippen molar-refractivity contribution in [1.82, 2.24) is 10.6 Å². The normalized spacial score (nSPS) is 12.6. The molecule has 0 fully saturated rings. The summed E-state index contributed by atoms with van der Waals surface area (Å²) in [5.74, 6) is -1.39. The Hall–Kier alpha value is -2.65. The van der Waals surface area contributed by atoms with Crippen LogP contribution in [-0.2, 0) is 30.4 Å². The first-order valence-corrected chi connectivity index (χ1v) is 8.02. The molecule has 0 aliphatic heterocycles. The average Bonchev–Trinajstić information content (AvgIpc) is 2.65. The van der Waals surface area contributed by atoms with Gasteiger partial charge in [-0.1, -0.05) is 30.3 Å². The molecule has 2 amide bonds. The molecule has 1 aromatic rings. The molecule has 0 unspecified atom stereocenters. The van der Waals surface area contributed by atoms with Gasteiger partial charge in [-0.25, -0.2) is 9.59 Å². The summed E-state index contributed by atoms with van der Waals surface area (Å²) < 4.78 is 14.6. The van der Waals surface area contributed by atoms with Crippen LogP contribution < -0.4 is 10.6 Å². The van der Waals surface area contributed by atoms with E-state index in [4.69, 9.17) is 14.2 Å². The van der Waals surface area contributed by atoms with E-state index < -0.39 is 36.7 Å². The van der Waals surface area contributed by atoms with Crippen molar-refractivity contribution in [2.75, 3.05) is 26.9 Å². The molecule has 9 heteroatoms. The number of alkyl carbamates (subject to hydrolysis) is 1. The predicted molar refractivity (Wildman–Crippen MR) is 91.1 cm³/mol. The van der Waals surface area contributed by atoms with Gasteiger partial charge in [0.1, 0.15) is 25.3 Å². The number of aliphatic hydroxyl groups is 1. The zero-order valence-electron chi connectivity index (χ0n) is 14.8. The van der Waals surface area contributed by atoms with Gasteiger partial charge in [0.25, 0.3) is 0 Å². The molecule has 1 aromatic carbocycles. The quantitative estimate of drug-likeness (QED) is 0.391. The van der Waals surface area contributed by atoms with E-state index in [1.807, 2.05) is 6.07 Å². The van der Waals surface area contributed by atoms with Crippen molar-refractivity contribution in [1.29, 1.82) is 0 Å². The van der Waals surface area contributed by atoms with Gasteiger partial charge in [0.2, 0.25) is 5.91 Å². The number of methoxy groups -OCH3 is 1. The van der Waals surface area contributed by atoms with E-state index in [1.165, 1.54) is 14.0 Å². The molecule has 0 saturated carbocycles. The number of aliphatic hydroxyl groups excluding tert-OH is 1. The number of esters is 1. The maximum Gasteiger partial charge on any atom is 0.408 e. The number of carbonyl (C=O) groups is 3. The van der Waals surface area contributed by atoms with Crippen LogP contribution in [0.2, 0.25) is 0 Å². The van der Waals surface area contributed by atoms with Crippen molar-refractivity contribution in [2.45, 2.75) is 25.6 Å². The first-order chi connectivity index (χ1) is 12.5. The van der Waals surface area contributed by atoms with Crippen LogP contribution >= 0.6 is 0 Å². The van der Waals surface area contributed by atoms with E-state index in [0.717, 1.165) is 5.56 Å². The molecule has 0 radical (unpaired) electrons. The fourth-order valence-corrected chi connectivity index (χ4v) is 1.82. The Balaban J connectivity index is 2.42. The van der Waals surface area contributed by atoms with Crippen molar-refractivity contribution < 1.29 is 33.7 Å². The number of rotatable bonds is 10. The zero-order valence-corrected chi connectivity index (χ0v) is 14.8. The monoisotopic (exact) mass is 368 g/mol. The Kier molecular flexibility index (Phi) is 9.73. The van der Waals surface area contributed by atoms with Gasteiger partial charge in [0.15, 0.2) is 0 Å². The van der Waals surface area contributed by atoms with Crippen molar-refractivity contribution >= 4 is 18.0 Å². The number of carbonyl (C=O) groups excluding carboxylic acids is 3. The molecule has 0 spiro atoms. The minimum absolute atomic E-state index is 0.0225. The molecule has 0 saturated heterocycles. The summed E-state index contributed by atoms with van der Waals surface area (Å²) >= 11 is 0. The van der Waals surface area contributed by atoms with E-state index in [0.29, 0.717) is 0 Å². The van der Waals surface area contributed by atoms with Crippen molar-refractivity contribution in [3.8, 4) is 0 Å². The second kappa shape index (κ2) is 11.8. The third-order valence-electron chi connectivity index (χ3n) is 3.25. The second-order valence-electron chi connectivity index (χ2n) is 5.33. The van der Waals surface area contributed by atoms with Gasteiger partial charge < -0.3 is 30.0 Å². The van der Waals surface area contributed by atoms with Crippen molar-refractivity contribution in [3.05, 3.63) is 35.9 Å². The summed E-state index contributed by atoms with van der Waals surface area (Å²) in [6.07, 6.45) is -0.863. The van der Waals surface area contributed by atoms with Gasteiger partial charge in [-0.3, -0.25) is 4.79 Å². The number of ether oxygens (including phenoxy) is 3. The third-order valence-corrected chi connectivity index (χ3v) is 3.25. The van der Waals surface area contributed by atoms with Gasteiger partial charge in [-0.2, -0.15) is 0 Å². The fourth-order valence-electron chi connectivity index (χ4n) is 1.82. The minimum Gasteiger partial charge on any atom is -0.462 e. The number of nitrogens with one attached hydrogen (secondary N) is 2. The Bertz CT molecular complexity index is 580. The summed E-state index contributed by atoms with van der Waals surface area (Å²) in [5.41, 5.74) is 0.778. The molecule has 1 rings (SSSR count). The molecule has 0 bridgehead atoms. The van der Waals surface area contributed by atoms with Crippen molar-refractivity contribution in [3.63, 3.8) is 0 Å². The van der Waals surface area contributed by atoms with E-state index in [2.05, 4.69) is 10.6 Å². The zero-order chi connectivity index (χ0) is 19.4. The van der Waals surface area contributed by atoms with Crippen LogP contribution in [-0.4, -0.2) is 62.1 Å². The van der Waals surface area contributed by atoms with E-state index in [9.17, 15) is 19.5 Å². The maximum absolute atomic E-state index is 12.1. The Morgan fingerprint density at radius 1 is 1.08 bits per heavy atom. The van der Waals surface area contributed by atoms with Crippen LogP contribution in [0.3, 0.4) is 0 Å². The molecule has 3 N–H and O–H groups in total. The number of amides is 2. The maximum atomic E-state index is 12.1. The van der Waals surface area contributed by atoms with Crippen LogP contribution in [0.5, 0.6) is 0 Å². The number of hydrogen-bond acceptors (Lipinski definition) is 7. The molecule has 9 nitrogen and oxygen atoms in total. The van der Waals surface area contributed by atoms with E-state index in [1.54, 1.807) is 24.3 Å². The highest BCUT2D eigenvalue weighted by Crippen LogP contribution is 2.01. The molecule has 2 atom stereocenters. The van der Waals surface area contributed by atoms with E-state index >= 15 is 0 Å². The van der Waals surface area contributed by atoms with Gasteiger partial charge in [0, 0.05) is 7.11 Å². The first-order valence-electron chi connectivity index (χ1n) is 8.02. The molecule has 26 heavy (non-hydrogen) atoms. The molecule has 0 aliphatic carbocycles. The van der Waals surface area contributed by atoms with E-state index in [-0.39, 0.29) is 19.8 Å². The largest absolute Gasteiger partial charge is 0.462 e. The predicted octanol–water partition coefficient (Wildman–Crippen LogP) is -0.0320. The molecule has 144 valence electrons. The van der Waals surface area contributed by atoms with Gasteiger partial charge in [-0.05, 0) is 12.5 Å². The van der Waals surface area contributed by atoms with Crippen LogP contribution in [0.25, 0.3) is 0 Å². The highest BCUT2D eigenvalue weighted by Gasteiger charge is 2.25. The molecule has 0 heterocycles. The topological polar surface area (TPSA) is 123 Å². The summed E-state index contributed by atoms with van der Waals surface area (Å²) in [6.45, 7) is 1.09. The first kappa shape index (κ1) is 21.4. The van der Waals surface area contributed by atoms with Crippen LogP contribution in [0.15, 0.2) is 30.3 Å². The fraction of sp³-hybridized carbons (Fsp3) is 0.471. The lowest BCUT2D eigenvalue weighted by atomic mass is 10.2. The third kappa shape index (κ3) is 7.95. The van der Waals surface area contributed by atoms with Gasteiger partial charge >= 0.3 is 12.1 Å².